The topological polar surface area (TPSA) is 59.3 Å². The molecule has 2 heterocycles. The van der Waals surface area contributed by atoms with Crippen LogP contribution in [0.5, 0.6) is 0 Å². The molecule has 0 aliphatic rings. The summed E-state index contributed by atoms with van der Waals surface area (Å²) in [7, 11) is 0. The van der Waals surface area contributed by atoms with Crippen LogP contribution >= 0.6 is 0 Å². The number of alkyl halides is 3. The third kappa shape index (κ3) is 3.68. The molecule has 0 spiro atoms. The molecule has 0 saturated heterocycles. The van der Waals surface area contributed by atoms with Gasteiger partial charge in [0.25, 0.3) is 5.91 Å². The van der Waals surface area contributed by atoms with Crippen LogP contribution < -0.4 is 5.32 Å². The van der Waals surface area contributed by atoms with E-state index >= 15 is 0 Å². The molecule has 0 atom stereocenters. The summed E-state index contributed by atoms with van der Waals surface area (Å²) >= 11 is 0. The lowest BCUT2D eigenvalue weighted by atomic mass is 10.1. The lowest BCUT2D eigenvalue weighted by Crippen LogP contribution is -2.27. The second-order valence-electron chi connectivity index (χ2n) is 6.35. The molecule has 1 amide bonds. The molecule has 2 aromatic heterocycles. The van der Waals surface area contributed by atoms with Crippen LogP contribution in [0.4, 0.5) is 13.2 Å². The van der Waals surface area contributed by atoms with Gasteiger partial charge < -0.3 is 5.32 Å². The molecule has 0 saturated carbocycles. The maximum Gasteiger partial charge on any atom is 0.416 e. The number of hydrogen-bond donors (Lipinski definition) is 1. The number of halogens is 3. The van der Waals surface area contributed by atoms with Crippen molar-refractivity contribution in [1.29, 1.82) is 0 Å². The number of amides is 1. The van der Waals surface area contributed by atoms with E-state index in [1.54, 1.807) is 12.1 Å². The highest BCUT2D eigenvalue weighted by molar-refractivity contribution is 5.94. The van der Waals surface area contributed by atoms with Crippen molar-refractivity contribution in [2.45, 2.75) is 20.0 Å². The summed E-state index contributed by atoms with van der Waals surface area (Å²) in [5.41, 5.74) is 0.327. The van der Waals surface area contributed by atoms with Gasteiger partial charge in [0.15, 0.2) is 11.5 Å². The fourth-order valence-corrected chi connectivity index (χ4v) is 2.46. The molecule has 0 radical (unpaired) electrons. The Balaban J connectivity index is 2.00. The molecule has 0 fully saturated rings. The summed E-state index contributed by atoms with van der Waals surface area (Å²) < 4.78 is 40.4. The zero-order chi connectivity index (χ0) is 18.9. The minimum Gasteiger partial charge on any atom is -0.352 e. The summed E-state index contributed by atoms with van der Waals surface area (Å²) in [4.78, 5) is 12.2. The van der Waals surface area contributed by atoms with Crippen LogP contribution in [0.15, 0.2) is 42.6 Å². The van der Waals surface area contributed by atoms with Crippen LogP contribution in [0.25, 0.3) is 17.0 Å². The summed E-state index contributed by atoms with van der Waals surface area (Å²) in [6.45, 7) is 4.49. The SMILES string of the molecule is CC(C)CNC(=O)c1ccc2nnc(-c3cccc(C(F)(F)F)c3)n2c1. The predicted molar refractivity (Wildman–Crippen MR) is 90.6 cm³/mol. The number of carbonyl (C=O) groups excluding carboxylic acids is 1. The van der Waals surface area contributed by atoms with Crippen molar-refractivity contribution < 1.29 is 18.0 Å². The van der Waals surface area contributed by atoms with Crippen LogP contribution in [0.2, 0.25) is 0 Å². The van der Waals surface area contributed by atoms with E-state index in [0.717, 1.165) is 12.1 Å². The quantitative estimate of drug-likeness (QED) is 0.768. The van der Waals surface area contributed by atoms with E-state index in [0.29, 0.717) is 23.7 Å². The van der Waals surface area contributed by atoms with E-state index in [2.05, 4.69) is 15.5 Å². The summed E-state index contributed by atoms with van der Waals surface area (Å²) in [5.74, 6) is 0.284. The van der Waals surface area contributed by atoms with Crippen LogP contribution in [0.3, 0.4) is 0 Å². The van der Waals surface area contributed by atoms with Gasteiger partial charge in [0, 0.05) is 18.3 Å². The predicted octanol–water partition coefficient (Wildman–Crippen LogP) is 3.80. The van der Waals surface area contributed by atoms with Gasteiger partial charge in [0.2, 0.25) is 0 Å². The number of benzene rings is 1. The van der Waals surface area contributed by atoms with E-state index in [-0.39, 0.29) is 17.3 Å². The molecule has 1 N–H and O–H groups in total. The van der Waals surface area contributed by atoms with Crippen LogP contribution in [0, 0.1) is 5.92 Å². The molecule has 26 heavy (non-hydrogen) atoms. The number of nitrogens with one attached hydrogen (secondary N) is 1. The van der Waals surface area contributed by atoms with Gasteiger partial charge in [0.05, 0.1) is 11.1 Å². The second kappa shape index (κ2) is 6.78. The summed E-state index contributed by atoms with van der Waals surface area (Å²) in [6.07, 6.45) is -2.92. The maximum atomic E-state index is 12.9. The van der Waals surface area contributed by atoms with Crippen molar-refractivity contribution in [3.63, 3.8) is 0 Å². The number of hydrogen-bond acceptors (Lipinski definition) is 3. The van der Waals surface area contributed by atoms with Crippen molar-refractivity contribution in [3.8, 4) is 11.4 Å². The Hall–Kier alpha value is -2.90. The van der Waals surface area contributed by atoms with Gasteiger partial charge in [-0.25, -0.2) is 0 Å². The first-order valence-corrected chi connectivity index (χ1v) is 8.06. The average Bonchev–Trinajstić information content (AvgIpc) is 3.02. The molecule has 0 unspecified atom stereocenters. The van der Waals surface area contributed by atoms with E-state index in [4.69, 9.17) is 0 Å². The standard InChI is InChI=1S/C18H17F3N4O/c1-11(2)9-22-17(26)13-6-7-15-23-24-16(25(15)10-13)12-4-3-5-14(8-12)18(19,20)21/h3-8,10-11H,9H2,1-2H3,(H,22,26). The van der Waals surface area contributed by atoms with E-state index in [1.165, 1.54) is 22.7 Å². The lowest BCUT2D eigenvalue weighted by Gasteiger charge is -2.09. The highest BCUT2D eigenvalue weighted by Crippen LogP contribution is 2.31. The van der Waals surface area contributed by atoms with Crippen molar-refractivity contribution in [2.75, 3.05) is 6.54 Å². The Labute approximate surface area is 147 Å². The van der Waals surface area contributed by atoms with Gasteiger partial charge in [-0.05, 0) is 30.2 Å². The molecule has 3 rings (SSSR count). The number of carbonyl (C=O) groups is 1. The molecule has 8 heteroatoms. The molecule has 0 bridgehead atoms. The number of nitrogens with zero attached hydrogens (tertiary/aromatic N) is 3. The number of fused-ring (bicyclic) bond motifs is 1. The Kier molecular flexibility index (Phi) is 4.67. The van der Waals surface area contributed by atoms with E-state index in [1.807, 2.05) is 13.8 Å². The highest BCUT2D eigenvalue weighted by atomic mass is 19.4. The first-order chi connectivity index (χ1) is 12.3. The van der Waals surface area contributed by atoms with Gasteiger partial charge in [-0.1, -0.05) is 26.0 Å². The monoisotopic (exact) mass is 362 g/mol. The highest BCUT2D eigenvalue weighted by Gasteiger charge is 2.30. The molecule has 0 aliphatic carbocycles. The fraction of sp³-hybridized carbons (Fsp3) is 0.278. The van der Waals surface area contributed by atoms with Crippen molar-refractivity contribution in [1.82, 2.24) is 19.9 Å². The zero-order valence-corrected chi connectivity index (χ0v) is 14.2. The second-order valence-corrected chi connectivity index (χ2v) is 6.35. The third-order valence-corrected chi connectivity index (χ3v) is 3.78. The van der Waals surface area contributed by atoms with Crippen molar-refractivity contribution in [3.05, 3.63) is 53.7 Å². The first-order valence-electron chi connectivity index (χ1n) is 8.06. The molecule has 3 aromatic rings. The molecular formula is C18H17F3N4O. The Morgan fingerprint density at radius 3 is 2.65 bits per heavy atom. The number of aromatic nitrogens is 3. The Morgan fingerprint density at radius 2 is 1.96 bits per heavy atom. The van der Waals surface area contributed by atoms with E-state index < -0.39 is 11.7 Å². The smallest absolute Gasteiger partial charge is 0.352 e. The minimum atomic E-state index is -4.45. The van der Waals surface area contributed by atoms with Crippen LogP contribution in [-0.4, -0.2) is 27.0 Å². The van der Waals surface area contributed by atoms with Gasteiger partial charge in [-0.15, -0.1) is 10.2 Å². The normalized spacial score (nSPS) is 11.9. The Bertz CT molecular complexity index is 947. The molecule has 5 nitrogen and oxygen atoms in total. The third-order valence-electron chi connectivity index (χ3n) is 3.78. The van der Waals surface area contributed by atoms with Crippen molar-refractivity contribution >= 4 is 11.6 Å². The van der Waals surface area contributed by atoms with Gasteiger partial charge in [-0.3, -0.25) is 9.20 Å². The zero-order valence-electron chi connectivity index (χ0n) is 14.2. The molecule has 1 aromatic carbocycles. The van der Waals surface area contributed by atoms with Gasteiger partial charge in [-0.2, -0.15) is 13.2 Å². The largest absolute Gasteiger partial charge is 0.416 e. The minimum absolute atomic E-state index is 0.240. The summed E-state index contributed by atoms with van der Waals surface area (Å²) in [5, 5.41) is 10.7. The molecule has 136 valence electrons. The number of pyridine rings is 1. The molecular weight excluding hydrogens is 345 g/mol. The average molecular weight is 362 g/mol. The first kappa shape index (κ1) is 17.9. The van der Waals surface area contributed by atoms with Gasteiger partial charge >= 0.3 is 6.18 Å². The van der Waals surface area contributed by atoms with Crippen LogP contribution in [0.1, 0.15) is 29.8 Å². The molecule has 0 aliphatic heterocycles. The fourth-order valence-electron chi connectivity index (χ4n) is 2.46. The lowest BCUT2D eigenvalue weighted by molar-refractivity contribution is -0.137. The number of rotatable bonds is 4. The summed E-state index contributed by atoms with van der Waals surface area (Å²) in [6, 6.07) is 8.07. The van der Waals surface area contributed by atoms with Crippen LogP contribution in [-0.2, 0) is 6.18 Å². The van der Waals surface area contributed by atoms with Crippen molar-refractivity contribution in [2.24, 2.45) is 5.92 Å². The van der Waals surface area contributed by atoms with E-state index in [9.17, 15) is 18.0 Å². The maximum absolute atomic E-state index is 12.9. The Morgan fingerprint density at radius 1 is 1.19 bits per heavy atom. The van der Waals surface area contributed by atoms with Gasteiger partial charge in [0.1, 0.15) is 0 Å².